The van der Waals surface area contributed by atoms with Gasteiger partial charge < -0.3 is 4.84 Å². The van der Waals surface area contributed by atoms with Crippen LogP contribution in [0.2, 0.25) is 5.02 Å². The minimum absolute atomic E-state index is 0.272. The number of para-hydroxylation sites is 1. The van der Waals surface area contributed by atoms with Crippen molar-refractivity contribution >= 4 is 23.3 Å². The monoisotopic (exact) mass is 290 g/mol. The van der Waals surface area contributed by atoms with Gasteiger partial charge in [0.15, 0.2) is 5.75 Å². The molecule has 0 bridgehead atoms. The van der Waals surface area contributed by atoms with Gasteiger partial charge in [0.1, 0.15) is 0 Å². The highest BCUT2D eigenvalue weighted by molar-refractivity contribution is 6.30. The number of carbonyl (C=O) groups excluding carboxylic acids is 1. The number of hydroxylamine groups is 2. The van der Waals surface area contributed by atoms with Gasteiger partial charge in [0.05, 0.1) is 7.05 Å². The van der Waals surface area contributed by atoms with Crippen molar-refractivity contribution in [1.29, 1.82) is 0 Å². The predicted molar refractivity (Wildman–Crippen MR) is 80.1 cm³/mol. The summed E-state index contributed by atoms with van der Waals surface area (Å²) in [5.74, 6) is 0.548. The van der Waals surface area contributed by atoms with Crippen molar-refractivity contribution in [3.8, 4) is 5.75 Å². The highest BCUT2D eigenvalue weighted by atomic mass is 35.5. The molecule has 2 amide bonds. The smallest absolute Gasteiger partial charge is 0.357 e. The van der Waals surface area contributed by atoms with Gasteiger partial charge in [0, 0.05) is 17.8 Å². The lowest BCUT2D eigenvalue weighted by atomic mass is 10.3. The van der Waals surface area contributed by atoms with Crippen LogP contribution in [0.4, 0.5) is 10.5 Å². The molecule has 0 aromatic heterocycles. The number of benzene rings is 2. The fourth-order valence-corrected chi connectivity index (χ4v) is 1.79. The number of anilines is 1. The summed E-state index contributed by atoms with van der Waals surface area (Å²) in [5, 5.41) is 1.80. The van der Waals surface area contributed by atoms with Crippen LogP contribution in [0, 0.1) is 0 Å². The molecule has 0 fully saturated rings. The van der Waals surface area contributed by atoms with E-state index in [2.05, 4.69) is 0 Å². The van der Waals surface area contributed by atoms with Gasteiger partial charge in [0.25, 0.3) is 0 Å². The summed E-state index contributed by atoms with van der Waals surface area (Å²) in [5.41, 5.74) is 0.795. The van der Waals surface area contributed by atoms with Crippen LogP contribution in [0.1, 0.15) is 0 Å². The molecule has 0 N–H and O–H groups in total. The number of carbonyl (C=O) groups is 1. The number of rotatable bonds is 3. The summed E-state index contributed by atoms with van der Waals surface area (Å²) < 4.78 is 0. The quantitative estimate of drug-likeness (QED) is 0.805. The summed E-state index contributed by atoms with van der Waals surface area (Å²) in [6, 6.07) is 15.9. The van der Waals surface area contributed by atoms with E-state index in [1.807, 2.05) is 30.3 Å². The van der Waals surface area contributed by atoms with Crippen LogP contribution >= 0.6 is 11.6 Å². The molecule has 0 heterocycles. The number of nitrogens with zero attached hydrogens (tertiary/aromatic N) is 2. The number of hydrogen-bond donors (Lipinski definition) is 0. The molecule has 2 aromatic carbocycles. The second-order valence-electron chi connectivity index (χ2n) is 4.22. The van der Waals surface area contributed by atoms with Gasteiger partial charge in [-0.2, -0.15) is 5.06 Å². The second-order valence-corrected chi connectivity index (χ2v) is 4.66. The molecule has 0 saturated heterocycles. The fourth-order valence-electron chi connectivity index (χ4n) is 1.67. The molecule has 0 saturated carbocycles. The van der Waals surface area contributed by atoms with Gasteiger partial charge in [-0.15, -0.1) is 0 Å². The van der Waals surface area contributed by atoms with Gasteiger partial charge in [-0.1, -0.05) is 29.8 Å². The van der Waals surface area contributed by atoms with Crippen molar-refractivity contribution < 1.29 is 9.63 Å². The maximum atomic E-state index is 12.2. The summed E-state index contributed by atoms with van der Waals surface area (Å²) in [4.78, 5) is 19.2. The van der Waals surface area contributed by atoms with Gasteiger partial charge in [0.2, 0.25) is 0 Å². The summed E-state index contributed by atoms with van der Waals surface area (Å²) in [7, 11) is 3.26. The first-order valence-corrected chi connectivity index (χ1v) is 6.46. The highest BCUT2D eigenvalue weighted by Crippen LogP contribution is 2.18. The Morgan fingerprint density at radius 2 is 1.60 bits per heavy atom. The molecule has 0 aliphatic carbocycles. The van der Waals surface area contributed by atoms with Crippen molar-refractivity contribution in [2.45, 2.75) is 0 Å². The second kappa shape index (κ2) is 6.30. The average Bonchev–Trinajstić information content (AvgIpc) is 2.49. The Bertz CT molecular complexity index is 572. The highest BCUT2D eigenvalue weighted by Gasteiger charge is 2.17. The zero-order chi connectivity index (χ0) is 14.5. The topological polar surface area (TPSA) is 32.8 Å². The molecule has 0 atom stereocenters. The van der Waals surface area contributed by atoms with E-state index in [1.54, 1.807) is 38.4 Å². The molecular formula is C15H15ClN2O2. The van der Waals surface area contributed by atoms with Crippen LogP contribution in [-0.4, -0.2) is 25.2 Å². The first-order valence-electron chi connectivity index (χ1n) is 6.08. The summed E-state index contributed by atoms with van der Waals surface area (Å²) in [6.07, 6.45) is 0. The Morgan fingerprint density at radius 3 is 2.20 bits per heavy atom. The summed E-state index contributed by atoms with van der Waals surface area (Å²) >= 11 is 5.80. The minimum Gasteiger partial charge on any atom is -0.376 e. The molecule has 2 rings (SSSR count). The molecular weight excluding hydrogens is 276 g/mol. The number of amides is 2. The van der Waals surface area contributed by atoms with E-state index in [9.17, 15) is 4.79 Å². The predicted octanol–water partition coefficient (Wildman–Crippen LogP) is 3.82. The van der Waals surface area contributed by atoms with E-state index in [0.29, 0.717) is 10.8 Å². The maximum absolute atomic E-state index is 12.2. The van der Waals surface area contributed by atoms with Gasteiger partial charge in [-0.3, -0.25) is 4.90 Å². The van der Waals surface area contributed by atoms with Gasteiger partial charge in [-0.05, 0) is 36.4 Å². The third-order valence-corrected chi connectivity index (χ3v) is 3.01. The lowest BCUT2D eigenvalue weighted by Crippen LogP contribution is -2.40. The Kier molecular flexibility index (Phi) is 4.48. The Hall–Kier alpha value is -2.20. The van der Waals surface area contributed by atoms with E-state index in [4.69, 9.17) is 16.4 Å². The maximum Gasteiger partial charge on any atom is 0.357 e. The zero-order valence-electron chi connectivity index (χ0n) is 11.3. The molecule has 0 aliphatic rings. The first-order chi connectivity index (χ1) is 9.58. The van der Waals surface area contributed by atoms with E-state index in [-0.39, 0.29) is 6.03 Å². The lowest BCUT2D eigenvalue weighted by Gasteiger charge is -2.24. The van der Waals surface area contributed by atoms with E-state index < -0.39 is 0 Å². The van der Waals surface area contributed by atoms with Gasteiger partial charge >= 0.3 is 6.03 Å². The van der Waals surface area contributed by atoms with Gasteiger partial charge in [-0.25, -0.2) is 4.79 Å². The average molecular weight is 291 g/mol. The largest absolute Gasteiger partial charge is 0.376 e. The van der Waals surface area contributed by atoms with Crippen molar-refractivity contribution in [2.24, 2.45) is 0 Å². The molecule has 0 radical (unpaired) electrons. The number of urea groups is 1. The Morgan fingerprint density at radius 1 is 1.00 bits per heavy atom. The molecule has 0 unspecified atom stereocenters. The third kappa shape index (κ3) is 3.42. The first kappa shape index (κ1) is 14.2. The Labute approximate surface area is 123 Å². The molecule has 20 heavy (non-hydrogen) atoms. The van der Waals surface area contributed by atoms with Crippen molar-refractivity contribution in [1.82, 2.24) is 5.06 Å². The van der Waals surface area contributed by atoms with Crippen LogP contribution in [0.5, 0.6) is 5.75 Å². The number of halogens is 1. The van der Waals surface area contributed by atoms with E-state index in [0.717, 1.165) is 5.69 Å². The molecule has 0 spiro atoms. The normalized spacial score (nSPS) is 9.95. The van der Waals surface area contributed by atoms with Crippen molar-refractivity contribution in [3.63, 3.8) is 0 Å². The third-order valence-electron chi connectivity index (χ3n) is 2.76. The molecule has 2 aromatic rings. The van der Waals surface area contributed by atoms with Crippen LogP contribution < -0.4 is 9.74 Å². The van der Waals surface area contributed by atoms with E-state index >= 15 is 0 Å². The molecule has 5 heteroatoms. The van der Waals surface area contributed by atoms with Crippen LogP contribution in [0.15, 0.2) is 54.6 Å². The standard InChI is InChI=1S/C15H15ClN2O2/c1-17(13-6-4-3-5-7-13)15(19)18(2)20-14-10-8-12(16)9-11-14/h3-11H,1-2H3. The SMILES string of the molecule is CN(Oc1ccc(Cl)cc1)C(=O)N(C)c1ccccc1. The van der Waals surface area contributed by atoms with Crippen LogP contribution in [-0.2, 0) is 0 Å². The van der Waals surface area contributed by atoms with Crippen LogP contribution in [0.25, 0.3) is 0 Å². The van der Waals surface area contributed by atoms with Crippen LogP contribution in [0.3, 0.4) is 0 Å². The van der Waals surface area contributed by atoms with Crippen molar-refractivity contribution in [2.75, 3.05) is 19.0 Å². The van der Waals surface area contributed by atoms with E-state index in [1.165, 1.54) is 9.96 Å². The molecule has 4 nitrogen and oxygen atoms in total. The fraction of sp³-hybridized carbons (Fsp3) is 0.133. The number of hydrogen-bond acceptors (Lipinski definition) is 2. The zero-order valence-corrected chi connectivity index (χ0v) is 12.0. The summed E-state index contributed by atoms with van der Waals surface area (Å²) in [6.45, 7) is 0. The Balaban J connectivity index is 2.03. The van der Waals surface area contributed by atoms with Crippen molar-refractivity contribution in [3.05, 3.63) is 59.6 Å². The minimum atomic E-state index is -0.272. The molecule has 104 valence electrons. The molecule has 0 aliphatic heterocycles. The lowest BCUT2D eigenvalue weighted by molar-refractivity contribution is 0.0160.